The van der Waals surface area contributed by atoms with Crippen LogP contribution in [0.1, 0.15) is 32.1 Å². The van der Waals surface area contributed by atoms with Gasteiger partial charge in [0, 0.05) is 10.1 Å². The van der Waals surface area contributed by atoms with Crippen molar-refractivity contribution in [2.75, 3.05) is 16.8 Å². The molecule has 2 amide bonds. The number of thioether (sulfide) groups is 2. The molecule has 3 N–H and O–H groups in total. The minimum absolute atomic E-state index is 0.0164. The fraction of sp³-hybridized carbons (Fsp3) is 0.500. The van der Waals surface area contributed by atoms with Crippen LogP contribution >= 0.6 is 23.5 Å². The van der Waals surface area contributed by atoms with Crippen LogP contribution in [0, 0.1) is 0 Å². The lowest BCUT2D eigenvalue weighted by molar-refractivity contribution is -0.115. The molecule has 0 spiro atoms. The summed E-state index contributed by atoms with van der Waals surface area (Å²) in [6, 6.07) is 7.50. The topological polar surface area (TPSA) is 72.2 Å². The van der Waals surface area contributed by atoms with Crippen LogP contribution in [0.4, 0.5) is 5.69 Å². The van der Waals surface area contributed by atoms with Crippen molar-refractivity contribution in [2.45, 2.75) is 42.2 Å². The zero-order chi connectivity index (χ0) is 15.8. The van der Waals surface area contributed by atoms with E-state index in [1.165, 1.54) is 43.9 Å². The van der Waals surface area contributed by atoms with Crippen molar-refractivity contribution in [1.29, 1.82) is 0 Å². The molecule has 1 aromatic carbocycles. The van der Waals surface area contributed by atoms with Gasteiger partial charge in [0.25, 0.3) is 0 Å². The minimum atomic E-state index is -0.362. The highest BCUT2D eigenvalue weighted by molar-refractivity contribution is 8.00. The molecular formula is C16H22N2O2S2. The van der Waals surface area contributed by atoms with E-state index < -0.39 is 0 Å². The van der Waals surface area contributed by atoms with E-state index in [9.17, 15) is 9.59 Å². The molecule has 0 aliphatic heterocycles. The number of para-hydroxylation sites is 1. The fourth-order valence-corrected chi connectivity index (χ4v) is 4.33. The number of carbonyl (C=O) groups is 2. The minimum Gasteiger partial charge on any atom is -0.369 e. The van der Waals surface area contributed by atoms with Crippen LogP contribution in [0.2, 0.25) is 0 Å². The Morgan fingerprint density at radius 2 is 1.86 bits per heavy atom. The lowest BCUT2D eigenvalue weighted by Gasteiger charge is -2.20. The predicted molar refractivity (Wildman–Crippen MR) is 94.3 cm³/mol. The van der Waals surface area contributed by atoms with Gasteiger partial charge in [0.2, 0.25) is 11.8 Å². The van der Waals surface area contributed by atoms with Gasteiger partial charge in [0.15, 0.2) is 0 Å². The molecule has 1 saturated carbocycles. The maximum absolute atomic E-state index is 12.1. The van der Waals surface area contributed by atoms with Gasteiger partial charge in [-0.3, -0.25) is 9.59 Å². The van der Waals surface area contributed by atoms with E-state index in [4.69, 9.17) is 5.73 Å². The summed E-state index contributed by atoms with van der Waals surface area (Å²) < 4.78 is 0. The maximum Gasteiger partial charge on any atom is 0.234 e. The van der Waals surface area contributed by atoms with Crippen molar-refractivity contribution in [1.82, 2.24) is 0 Å². The molecule has 0 aromatic heterocycles. The van der Waals surface area contributed by atoms with Crippen molar-refractivity contribution >= 4 is 41.0 Å². The SMILES string of the molecule is NC(=O)CSc1ccccc1NC(=O)CSC1CCCCC1. The number of carbonyl (C=O) groups excluding carboxylic acids is 2. The van der Waals surface area contributed by atoms with Crippen molar-refractivity contribution in [3.8, 4) is 0 Å². The molecule has 0 saturated heterocycles. The zero-order valence-electron chi connectivity index (χ0n) is 12.5. The Hall–Kier alpha value is -1.14. The largest absolute Gasteiger partial charge is 0.369 e. The van der Waals surface area contributed by atoms with Gasteiger partial charge in [-0.25, -0.2) is 0 Å². The van der Waals surface area contributed by atoms with Crippen LogP contribution in [0.15, 0.2) is 29.2 Å². The third-order valence-electron chi connectivity index (χ3n) is 3.53. The molecule has 6 heteroatoms. The molecule has 2 rings (SSSR count). The first-order valence-corrected chi connectivity index (χ1v) is 9.60. The van der Waals surface area contributed by atoms with Crippen molar-refractivity contribution < 1.29 is 9.59 Å². The number of rotatable bonds is 7. The highest BCUT2D eigenvalue weighted by Crippen LogP contribution is 2.29. The number of amides is 2. The second kappa shape index (κ2) is 9.10. The Morgan fingerprint density at radius 3 is 2.59 bits per heavy atom. The summed E-state index contributed by atoms with van der Waals surface area (Å²) in [5.41, 5.74) is 5.92. The molecule has 0 atom stereocenters. The third kappa shape index (κ3) is 5.93. The number of nitrogens with one attached hydrogen (secondary N) is 1. The fourth-order valence-electron chi connectivity index (χ4n) is 2.46. The standard InChI is InChI=1S/C16H22N2O2S2/c17-15(19)10-22-14-9-5-4-8-13(14)18-16(20)11-21-12-6-2-1-3-7-12/h4-5,8-9,12H,1-3,6-7,10-11H2,(H2,17,19)(H,18,20). The van der Waals surface area contributed by atoms with Crippen LogP contribution in [-0.4, -0.2) is 28.6 Å². The van der Waals surface area contributed by atoms with Crippen LogP contribution in [0.5, 0.6) is 0 Å². The molecule has 0 radical (unpaired) electrons. The highest BCUT2D eigenvalue weighted by atomic mass is 32.2. The first-order valence-electron chi connectivity index (χ1n) is 7.57. The molecule has 4 nitrogen and oxygen atoms in total. The molecule has 0 heterocycles. The van der Waals surface area contributed by atoms with E-state index in [0.29, 0.717) is 11.0 Å². The van der Waals surface area contributed by atoms with Crippen molar-refractivity contribution in [3.05, 3.63) is 24.3 Å². The van der Waals surface area contributed by atoms with Crippen LogP contribution < -0.4 is 11.1 Å². The van der Waals surface area contributed by atoms with Gasteiger partial charge in [0.1, 0.15) is 0 Å². The zero-order valence-corrected chi connectivity index (χ0v) is 14.2. The van der Waals surface area contributed by atoms with Crippen molar-refractivity contribution in [3.63, 3.8) is 0 Å². The molecule has 1 fully saturated rings. The number of hydrogen-bond acceptors (Lipinski definition) is 4. The quantitative estimate of drug-likeness (QED) is 0.749. The Bertz CT molecular complexity index is 517. The summed E-state index contributed by atoms with van der Waals surface area (Å²) in [6.45, 7) is 0. The Morgan fingerprint density at radius 1 is 1.14 bits per heavy atom. The van der Waals surface area contributed by atoms with E-state index in [1.807, 2.05) is 24.3 Å². The van der Waals surface area contributed by atoms with Crippen LogP contribution in [0.25, 0.3) is 0 Å². The van der Waals surface area contributed by atoms with Gasteiger partial charge in [-0.1, -0.05) is 31.4 Å². The van der Waals surface area contributed by atoms with Gasteiger partial charge in [0.05, 0.1) is 17.2 Å². The smallest absolute Gasteiger partial charge is 0.234 e. The van der Waals surface area contributed by atoms with Gasteiger partial charge in [-0.2, -0.15) is 0 Å². The average molecular weight is 338 g/mol. The Kier molecular flexibility index (Phi) is 7.12. The summed E-state index contributed by atoms with van der Waals surface area (Å²) in [5, 5.41) is 3.57. The lowest BCUT2D eigenvalue weighted by Crippen LogP contribution is -2.18. The number of hydrogen-bond donors (Lipinski definition) is 2. The first kappa shape index (κ1) is 17.2. The van der Waals surface area contributed by atoms with E-state index in [1.54, 1.807) is 11.8 Å². The number of primary amides is 1. The Balaban J connectivity index is 1.83. The summed E-state index contributed by atoms with van der Waals surface area (Å²) in [6.07, 6.45) is 6.34. The maximum atomic E-state index is 12.1. The van der Waals surface area contributed by atoms with Gasteiger partial charge < -0.3 is 11.1 Å². The molecule has 1 aliphatic carbocycles. The van der Waals surface area contributed by atoms with E-state index in [-0.39, 0.29) is 17.6 Å². The summed E-state index contributed by atoms with van der Waals surface area (Å²) >= 11 is 3.10. The Labute approximate surface area is 140 Å². The molecule has 1 aromatic rings. The molecule has 22 heavy (non-hydrogen) atoms. The molecule has 120 valence electrons. The number of nitrogens with two attached hydrogens (primary N) is 1. The van der Waals surface area contributed by atoms with Gasteiger partial charge >= 0.3 is 0 Å². The average Bonchev–Trinajstić information content (AvgIpc) is 2.53. The highest BCUT2D eigenvalue weighted by Gasteiger charge is 2.16. The first-order chi connectivity index (χ1) is 10.6. The van der Waals surface area contributed by atoms with Crippen LogP contribution in [0.3, 0.4) is 0 Å². The normalized spacial score (nSPS) is 15.5. The lowest BCUT2D eigenvalue weighted by atomic mass is 10.0. The third-order valence-corrected chi connectivity index (χ3v) is 6.00. The van der Waals surface area contributed by atoms with Gasteiger partial charge in [-0.05, 0) is 25.0 Å². The predicted octanol–water partition coefficient (Wildman–Crippen LogP) is 3.27. The number of benzene rings is 1. The molecule has 0 unspecified atom stereocenters. The second-order valence-corrected chi connectivity index (χ2v) is 7.68. The molecule has 1 aliphatic rings. The van der Waals surface area contributed by atoms with Crippen molar-refractivity contribution in [2.24, 2.45) is 5.73 Å². The summed E-state index contributed by atoms with van der Waals surface area (Å²) in [5.74, 6) is 0.352. The summed E-state index contributed by atoms with van der Waals surface area (Å²) in [4.78, 5) is 23.9. The van der Waals surface area contributed by atoms with E-state index in [0.717, 1.165) is 10.6 Å². The van der Waals surface area contributed by atoms with Crippen LogP contribution in [-0.2, 0) is 9.59 Å². The van der Waals surface area contributed by atoms with E-state index >= 15 is 0 Å². The molecular weight excluding hydrogens is 316 g/mol. The van der Waals surface area contributed by atoms with E-state index in [2.05, 4.69) is 5.32 Å². The summed E-state index contributed by atoms with van der Waals surface area (Å²) in [7, 11) is 0. The van der Waals surface area contributed by atoms with Gasteiger partial charge in [-0.15, -0.1) is 23.5 Å². The second-order valence-electron chi connectivity index (χ2n) is 5.37. The monoisotopic (exact) mass is 338 g/mol. The molecule has 0 bridgehead atoms. The number of anilines is 1.